The van der Waals surface area contributed by atoms with Gasteiger partial charge in [0.1, 0.15) is 0 Å². The lowest BCUT2D eigenvalue weighted by Crippen LogP contribution is -2.30. The Morgan fingerprint density at radius 1 is 1.41 bits per heavy atom. The Hall–Kier alpha value is -1.08. The van der Waals surface area contributed by atoms with Crippen molar-refractivity contribution in [2.45, 2.75) is 32.6 Å². The summed E-state index contributed by atoms with van der Waals surface area (Å²) in [6.45, 7) is 6.89. The molecule has 0 saturated carbocycles. The fourth-order valence-corrected chi connectivity index (χ4v) is 3.60. The molecule has 1 heteroatoms. The highest BCUT2D eigenvalue weighted by atomic mass is 14.9. The predicted molar refractivity (Wildman–Crippen MR) is 73.2 cm³/mol. The van der Waals surface area contributed by atoms with E-state index in [2.05, 4.69) is 49.5 Å². The number of allylic oxidation sites excluding steroid dienone is 1. The third-order valence-electron chi connectivity index (χ3n) is 4.63. The van der Waals surface area contributed by atoms with Gasteiger partial charge in [-0.15, -0.1) is 0 Å². The second-order valence-corrected chi connectivity index (χ2v) is 5.75. The van der Waals surface area contributed by atoms with Crippen LogP contribution in [0, 0.1) is 5.41 Å². The van der Waals surface area contributed by atoms with Gasteiger partial charge in [0.15, 0.2) is 0 Å². The van der Waals surface area contributed by atoms with Crippen molar-refractivity contribution < 1.29 is 0 Å². The van der Waals surface area contributed by atoms with Gasteiger partial charge >= 0.3 is 0 Å². The van der Waals surface area contributed by atoms with E-state index in [4.69, 9.17) is 0 Å². The van der Waals surface area contributed by atoms with Crippen LogP contribution in [0.4, 0.5) is 0 Å². The molecule has 3 rings (SSSR count). The van der Waals surface area contributed by atoms with Gasteiger partial charge in [-0.3, -0.25) is 0 Å². The first kappa shape index (κ1) is 11.0. The molecule has 1 aromatic carbocycles. The van der Waals surface area contributed by atoms with Crippen LogP contribution in [0.1, 0.15) is 42.9 Å². The minimum Gasteiger partial charge on any atom is -0.316 e. The van der Waals surface area contributed by atoms with Crippen molar-refractivity contribution in [3.8, 4) is 0 Å². The molecular weight excluding hydrogens is 206 g/mol. The van der Waals surface area contributed by atoms with Crippen molar-refractivity contribution in [3.05, 3.63) is 41.0 Å². The highest BCUT2D eigenvalue weighted by molar-refractivity contribution is 5.57. The van der Waals surface area contributed by atoms with Crippen molar-refractivity contribution in [3.63, 3.8) is 0 Å². The van der Waals surface area contributed by atoms with Crippen molar-refractivity contribution in [1.29, 1.82) is 0 Å². The van der Waals surface area contributed by atoms with Crippen molar-refractivity contribution in [1.82, 2.24) is 5.32 Å². The number of fused-ring (bicyclic) bond motifs is 3. The Kier molecular flexibility index (Phi) is 2.59. The first-order valence-corrected chi connectivity index (χ1v) is 6.70. The molecule has 1 aliphatic heterocycles. The minimum absolute atomic E-state index is 0.488. The van der Waals surface area contributed by atoms with Crippen LogP contribution in [0.15, 0.2) is 24.3 Å². The maximum absolute atomic E-state index is 3.58. The molecule has 2 atom stereocenters. The molecule has 0 radical (unpaired) electrons. The molecule has 1 fully saturated rings. The number of hydrogen-bond donors (Lipinski definition) is 1. The van der Waals surface area contributed by atoms with E-state index < -0.39 is 0 Å². The predicted octanol–water partition coefficient (Wildman–Crippen LogP) is 3.36. The van der Waals surface area contributed by atoms with E-state index in [1.165, 1.54) is 24.9 Å². The normalized spacial score (nSPS) is 31.5. The number of nitrogens with one attached hydrogen (secondary N) is 1. The SMILES string of the molecule is CC=Cc1cccc2c1CC[C@@]1(C)CNC[C@H]21. The summed E-state index contributed by atoms with van der Waals surface area (Å²) < 4.78 is 0. The molecule has 0 aromatic heterocycles. The van der Waals surface area contributed by atoms with Crippen LogP contribution in [0.25, 0.3) is 6.08 Å². The van der Waals surface area contributed by atoms with E-state index in [1.54, 1.807) is 11.1 Å². The quantitative estimate of drug-likeness (QED) is 0.775. The molecule has 0 spiro atoms. The van der Waals surface area contributed by atoms with Crippen molar-refractivity contribution in [2.24, 2.45) is 5.41 Å². The molecule has 1 nitrogen and oxygen atoms in total. The maximum Gasteiger partial charge on any atom is 0.00324 e. The summed E-state index contributed by atoms with van der Waals surface area (Å²) in [5.41, 5.74) is 5.11. The smallest absolute Gasteiger partial charge is 0.00324 e. The van der Waals surface area contributed by atoms with E-state index in [-0.39, 0.29) is 0 Å². The summed E-state index contributed by atoms with van der Waals surface area (Å²) in [6, 6.07) is 6.82. The van der Waals surface area contributed by atoms with E-state index in [1.807, 2.05) is 0 Å². The zero-order valence-corrected chi connectivity index (χ0v) is 10.8. The van der Waals surface area contributed by atoms with Crippen LogP contribution in [0.2, 0.25) is 0 Å². The second-order valence-electron chi connectivity index (χ2n) is 5.75. The van der Waals surface area contributed by atoms with Gasteiger partial charge in [0.05, 0.1) is 0 Å². The zero-order chi connectivity index (χ0) is 11.9. The van der Waals surface area contributed by atoms with Gasteiger partial charge in [0.25, 0.3) is 0 Å². The lowest BCUT2D eigenvalue weighted by atomic mass is 9.66. The van der Waals surface area contributed by atoms with E-state index in [0.717, 1.165) is 12.5 Å². The number of benzene rings is 1. The van der Waals surface area contributed by atoms with Gasteiger partial charge in [0, 0.05) is 19.0 Å². The average Bonchev–Trinajstić information content (AvgIpc) is 2.72. The second kappa shape index (κ2) is 3.99. The lowest BCUT2D eigenvalue weighted by molar-refractivity contribution is 0.277. The summed E-state index contributed by atoms with van der Waals surface area (Å²) >= 11 is 0. The van der Waals surface area contributed by atoms with Crippen LogP contribution in [-0.2, 0) is 6.42 Å². The molecule has 1 aromatic rings. The lowest BCUT2D eigenvalue weighted by Gasteiger charge is -2.37. The highest BCUT2D eigenvalue weighted by Gasteiger charge is 2.43. The van der Waals surface area contributed by atoms with Crippen LogP contribution >= 0.6 is 0 Å². The standard InChI is InChI=1S/C16H21N/c1-3-5-12-6-4-7-14-13(12)8-9-16(2)11-17-10-15(14)16/h3-7,15,17H,8-11H2,1-2H3/t15-,16+/m1/s1. The average molecular weight is 227 g/mol. The van der Waals surface area contributed by atoms with Gasteiger partial charge in [-0.1, -0.05) is 37.3 Å². The van der Waals surface area contributed by atoms with Gasteiger partial charge in [-0.25, -0.2) is 0 Å². The van der Waals surface area contributed by atoms with Crippen LogP contribution in [0.5, 0.6) is 0 Å². The molecule has 2 aliphatic rings. The molecule has 1 N–H and O–H groups in total. The van der Waals surface area contributed by atoms with Crippen LogP contribution < -0.4 is 5.32 Å². The van der Waals surface area contributed by atoms with Crippen molar-refractivity contribution in [2.75, 3.05) is 13.1 Å². The third-order valence-corrected chi connectivity index (χ3v) is 4.63. The molecule has 17 heavy (non-hydrogen) atoms. The van der Waals surface area contributed by atoms with E-state index in [9.17, 15) is 0 Å². The maximum atomic E-state index is 3.58. The molecule has 0 unspecified atom stereocenters. The summed E-state index contributed by atoms with van der Waals surface area (Å²) in [5.74, 6) is 0.719. The Morgan fingerprint density at radius 2 is 2.29 bits per heavy atom. The molecular formula is C16H21N. The molecule has 1 heterocycles. The van der Waals surface area contributed by atoms with Crippen LogP contribution in [-0.4, -0.2) is 13.1 Å². The Balaban J connectivity index is 2.10. The van der Waals surface area contributed by atoms with E-state index in [0.29, 0.717) is 5.41 Å². The molecule has 90 valence electrons. The zero-order valence-electron chi connectivity index (χ0n) is 10.8. The summed E-state index contributed by atoms with van der Waals surface area (Å²) in [6.07, 6.45) is 6.97. The molecule has 0 amide bonds. The van der Waals surface area contributed by atoms with Gasteiger partial charge in [0.2, 0.25) is 0 Å². The minimum atomic E-state index is 0.488. The summed E-state index contributed by atoms with van der Waals surface area (Å²) in [7, 11) is 0. The Morgan fingerprint density at radius 3 is 3.12 bits per heavy atom. The fourth-order valence-electron chi connectivity index (χ4n) is 3.60. The molecule has 0 bridgehead atoms. The van der Waals surface area contributed by atoms with Gasteiger partial charge in [-0.2, -0.15) is 0 Å². The van der Waals surface area contributed by atoms with Gasteiger partial charge in [-0.05, 0) is 41.9 Å². The number of rotatable bonds is 1. The number of hydrogen-bond acceptors (Lipinski definition) is 1. The Bertz CT molecular complexity index is 461. The molecule has 1 aliphatic carbocycles. The van der Waals surface area contributed by atoms with E-state index >= 15 is 0 Å². The topological polar surface area (TPSA) is 12.0 Å². The summed E-state index contributed by atoms with van der Waals surface area (Å²) in [5, 5.41) is 3.58. The largest absolute Gasteiger partial charge is 0.316 e. The van der Waals surface area contributed by atoms with Gasteiger partial charge < -0.3 is 5.32 Å². The van der Waals surface area contributed by atoms with Crippen LogP contribution in [0.3, 0.4) is 0 Å². The highest BCUT2D eigenvalue weighted by Crippen LogP contribution is 2.48. The first-order valence-electron chi connectivity index (χ1n) is 6.70. The fraction of sp³-hybridized carbons (Fsp3) is 0.500. The Labute approximate surface area is 104 Å². The monoisotopic (exact) mass is 227 g/mol. The third kappa shape index (κ3) is 1.64. The summed E-state index contributed by atoms with van der Waals surface area (Å²) in [4.78, 5) is 0. The first-order chi connectivity index (χ1) is 8.24. The molecule has 1 saturated heterocycles. The van der Waals surface area contributed by atoms with Crippen molar-refractivity contribution >= 4 is 6.08 Å².